The highest BCUT2D eigenvalue weighted by atomic mass is 35.5. The van der Waals surface area contributed by atoms with Gasteiger partial charge in [-0.05, 0) is 45.9 Å². The molecule has 8 nitrogen and oxygen atoms in total. The van der Waals surface area contributed by atoms with Gasteiger partial charge < -0.3 is 33.7 Å². The fourth-order valence-corrected chi connectivity index (χ4v) is 3.98. The first-order valence-corrected chi connectivity index (χ1v) is 9.47. The van der Waals surface area contributed by atoms with E-state index in [0.29, 0.717) is 16.5 Å². The van der Waals surface area contributed by atoms with E-state index in [1.807, 2.05) is 0 Å². The van der Waals surface area contributed by atoms with Crippen LogP contribution in [0.25, 0.3) is 0 Å². The third kappa shape index (κ3) is 3.60. The molecule has 4 rings (SSSR count). The molecule has 3 fully saturated rings. The Kier molecular flexibility index (Phi) is 4.85. The van der Waals surface area contributed by atoms with Crippen molar-refractivity contribution in [2.45, 2.75) is 70.0 Å². The molecule has 5 atom stereocenters. The SMILES string of the molecule is COc1ccc(Cl)cc1NC(=O)[C@@H]1O[C@H]2OC(C)(C)O[C@@H]2[C@H]2OC(C)(C)O[C@@H]21. The number of halogens is 1. The van der Waals surface area contributed by atoms with Gasteiger partial charge in [0.2, 0.25) is 0 Å². The van der Waals surface area contributed by atoms with Gasteiger partial charge in [0.1, 0.15) is 24.1 Å². The van der Waals surface area contributed by atoms with Crippen LogP contribution in [-0.4, -0.2) is 55.3 Å². The molecule has 154 valence electrons. The molecule has 3 aliphatic rings. The number of rotatable bonds is 3. The molecule has 0 aromatic heterocycles. The molecule has 0 saturated carbocycles. The quantitative estimate of drug-likeness (QED) is 0.815. The number of methoxy groups -OCH3 is 1. The van der Waals surface area contributed by atoms with Crippen LogP contribution in [0, 0.1) is 0 Å². The summed E-state index contributed by atoms with van der Waals surface area (Å²) in [6.45, 7) is 7.15. The van der Waals surface area contributed by atoms with E-state index in [1.54, 1.807) is 45.9 Å². The van der Waals surface area contributed by atoms with E-state index in [-0.39, 0.29) is 0 Å². The number of ether oxygens (including phenoxy) is 6. The summed E-state index contributed by atoms with van der Waals surface area (Å²) in [7, 11) is 1.51. The van der Waals surface area contributed by atoms with Crippen molar-refractivity contribution in [2.24, 2.45) is 0 Å². The summed E-state index contributed by atoms with van der Waals surface area (Å²) in [5, 5.41) is 3.27. The topological polar surface area (TPSA) is 84.5 Å². The molecule has 0 unspecified atom stereocenters. The Morgan fingerprint density at radius 1 is 1.04 bits per heavy atom. The number of benzene rings is 1. The second kappa shape index (κ2) is 6.83. The fourth-order valence-electron chi connectivity index (χ4n) is 3.81. The van der Waals surface area contributed by atoms with Gasteiger partial charge in [0, 0.05) is 5.02 Å². The minimum atomic E-state index is -0.964. The summed E-state index contributed by atoms with van der Waals surface area (Å²) in [5.74, 6) is -1.66. The Morgan fingerprint density at radius 2 is 1.68 bits per heavy atom. The second-order valence-electron chi connectivity index (χ2n) is 7.92. The summed E-state index contributed by atoms with van der Waals surface area (Å²) in [4.78, 5) is 13.1. The lowest BCUT2D eigenvalue weighted by molar-refractivity contribution is -0.229. The minimum Gasteiger partial charge on any atom is -0.495 e. The monoisotopic (exact) mass is 413 g/mol. The maximum atomic E-state index is 13.1. The smallest absolute Gasteiger partial charge is 0.256 e. The molecular weight excluding hydrogens is 390 g/mol. The van der Waals surface area contributed by atoms with Crippen LogP contribution in [-0.2, 0) is 28.5 Å². The number of hydrogen-bond acceptors (Lipinski definition) is 7. The number of carbonyl (C=O) groups excluding carboxylic acids is 1. The van der Waals surface area contributed by atoms with E-state index in [9.17, 15) is 4.79 Å². The molecule has 1 N–H and O–H groups in total. The van der Waals surface area contributed by atoms with Crippen LogP contribution in [0.4, 0.5) is 5.69 Å². The fraction of sp³-hybridized carbons (Fsp3) is 0.632. The summed E-state index contributed by atoms with van der Waals surface area (Å²) in [6.07, 6.45) is -3.36. The van der Waals surface area contributed by atoms with Gasteiger partial charge in [0.15, 0.2) is 24.0 Å². The zero-order chi connectivity index (χ0) is 20.3. The van der Waals surface area contributed by atoms with Crippen molar-refractivity contribution < 1.29 is 33.2 Å². The highest BCUT2D eigenvalue weighted by Gasteiger charge is 2.62. The summed E-state index contributed by atoms with van der Waals surface area (Å²) < 4.78 is 35.0. The van der Waals surface area contributed by atoms with Gasteiger partial charge in [-0.2, -0.15) is 0 Å². The maximum absolute atomic E-state index is 13.1. The van der Waals surface area contributed by atoms with Crippen LogP contribution in [0.3, 0.4) is 0 Å². The predicted octanol–water partition coefficient (Wildman–Crippen LogP) is 2.68. The zero-order valence-electron chi connectivity index (χ0n) is 16.4. The Hall–Kier alpha value is -1.42. The van der Waals surface area contributed by atoms with Gasteiger partial charge in [-0.3, -0.25) is 4.79 Å². The summed E-state index contributed by atoms with van der Waals surface area (Å²) in [6, 6.07) is 4.96. The van der Waals surface area contributed by atoms with Crippen molar-refractivity contribution in [3.05, 3.63) is 23.2 Å². The van der Waals surface area contributed by atoms with Crippen molar-refractivity contribution in [1.29, 1.82) is 0 Å². The number of hydrogen-bond donors (Lipinski definition) is 1. The molecule has 1 amide bonds. The molecule has 1 aromatic carbocycles. The van der Waals surface area contributed by atoms with Crippen LogP contribution in [0.2, 0.25) is 5.02 Å². The van der Waals surface area contributed by atoms with Gasteiger partial charge in [-0.1, -0.05) is 11.6 Å². The second-order valence-corrected chi connectivity index (χ2v) is 8.36. The minimum absolute atomic E-state index is 0.413. The van der Waals surface area contributed by atoms with Crippen LogP contribution < -0.4 is 10.1 Å². The molecule has 28 heavy (non-hydrogen) atoms. The molecular formula is C19H24ClNO7. The highest BCUT2D eigenvalue weighted by Crippen LogP contribution is 2.44. The molecule has 3 heterocycles. The van der Waals surface area contributed by atoms with E-state index in [0.717, 1.165) is 0 Å². The Morgan fingerprint density at radius 3 is 2.39 bits per heavy atom. The summed E-state index contributed by atoms with van der Waals surface area (Å²) in [5.41, 5.74) is 0.435. The normalized spacial score (nSPS) is 35.1. The Balaban J connectivity index is 1.60. The van der Waals surface area contributed by atoms with Crippen molar-refractivity contribution in [3.8, 4) is 5.75 Å². The first-order chi connectivity index (χ1) is 13.1. The van der Waals surface area contributed by atoms with E-state index >= 15 is 0 Å². The first-order valence-electron chi connectivity index (χ1n) is 9.10. The van der Waals surface area contributed by atoms with Crippen LogP contribution in [0.5, 0.6) is 5.75 Å². The number of nitrogens with one attached hydrogen (secondary N) is 1. The average Bonchev–Trinajstić information content (AvgIpc) is 3.08. The van der Waals surface area contributed by atoms with E-state index in [4.69, 9.17) is 40.0 Å². The molecule has 3 aliphatic heterocycles. The number of fused-ring (bicyclic) bond motifs is 3. The Labute approximate surface area is 168 Å². The third-order valence-corrected chi connectivity index (χ3v) is 5.07. The number of carbonyl (C=O) groups is 1. The molecule has 9 heteroatoms. The van der Waals surface area contributed by atoms with Crippen molar-refractivity contribution in [2.75, 3.05) is 12.4 Å². The first kappa shape index (κ1) is 19.9. The van der Waals surface area contributed by atoms with Crippen molar-refractivity contribution in [3.63, 3.8) is 0 Å². The van der Waals surface area contributed by atoms with E-state index < -0.39 is 48.2 Å². The van der Waals surface area contributed by atoms with Gasteiger partial charge in [0.05, 0.1) is 12.8 Å². The number of amides is 1. The highest BCUT2D eigenvalue weighted by molar-refractivity contribution is 6.31. The van der Waals surface area contributed by atoms with Crippen LogP contribution in [0.15, 0.2) is 18.2 Å². The van der Waals surface area contributed by atoms with Crippen molar-refractivity contribution in [1.82, 2.24) is 0 Å². The lowest BCUT2D eigenvalue weighted by Crippen LogP contribution is -2.58. The molecule has 0 spiro atoms. The van der Waals surface area contributed by atoms with Crippen LogP contribution in [0.1, 0.15) is 27.7 Å². The van der Waals surface area contributed by atoms with Gasteiger partial charge >= 0.3 is 0 Å². The third-order valence-electron chi connectivity index (χ3n) is 4.83. The van der Waals surface area contributed by atoms with Gasteiger partial charge in [-0.25, -0.2) is 0 Å². The molecule has 3 saturated heterocycles. The molecule has 0 bridgehead atoms. The van der Waals surface area contributed by atoms with Gasteiger partial charge in [-0.15, -0.1) is 0 Å². The lowest BCUT2D eigenvalue weighted by atomic mass is 9.98. The number of anilines is 1. The largest absolute Gasteiger partial charge is 0.495 e. The van der Waals surface area contributed by atoms with E-state index in [2.05, 4.69) is 5.32 Å². The maximum Gasteiger partial charge on any atom is 0.256 e. The van der Waals surface area contributed by atoms with Crippen LogP contribution >= 0.6 is 11.6 Å². The standard InChI is InChI=1S/C19H24ClNO7/c1-18(2)25-12-13(26-18)15-17(28-19(3,4)27-15)24-14(12)16(22)21-10-8-9(20)6-7-11(10)23-5/h6-8,12-15,17H,1-5H3,(H,21,22)/t12-,13-,14+,15+,17-/m0/s1. The van der Waals surface area contributed by atoms with E-state index in [1.165, 1.54) is 7.11 Å². The van der Waals surface area contributed by atoms with Gasteiger partial charge in [0.25, 0.3) is 5.91 Å². The molecule has 0 aliphatic carbocycles. The Bertz CT molecular complexity index is 784. The zero-order valence-corrected chi connectivity index (χ0v) is 17.1. The van der Waals surface area contributed by atoms with Crippen molar-refractivity contribution >= 4 is 23.2 Å². The predicted molar refractivity (Wildman–Crippen MR) is 99.2 cm³/mol. The average molecular weight is 414 g/mol. The summed E-state index contributed by atoms with van der Waals surface area (Å²) >= 11 is 6.05. The molecule has 1 aromatic rings. The lowest BCUT2D eigenvalue weighted by Gasteiger charge is -2.36. The molecule has 0 radical (unpaired) electrons.